The van der Waals surface area contributed by atoms with Crippen molar-refractivity contribution in [3.63, 3.8) is 0 Å². The van der Waals surface area contributed by atoms with Gasteiger partial charge in [-0.05, 0) is 0 Å². The molecular formula is C12H24CuO14. The maximum Gasteiger partial charge on any atom is 0.335 e. The molecule has 0 spiro atoms. The topological polar surface area (TPSA) is 277 Å². The van der Waals surface area contributed by atoms with E-state index in [2.05, 4.69) is 0 Å². The summed E-state index contributed by atoms with van der Waals surface area (Å²) in [5.41, 5.74) is 0. The second-order valence-corrected chi connectivity index (χ2v) is 5.03. The largest absolute Gasteiger partial charge is 0.479 e. The second-order valence-electron chi connectivity index (χ2n) is 5.03. The van der Waals surface area contributed by atoms with E-state index < -0.39 is 74.0 Å². The molecule has 0 amide bonds. The van der Waals surface area contributed by atoms with Crippen LogP contribution in [0.2, 0.25) is 0 Å². The first-order valence-electron chi connectivity index (χ1n) is 6.95. The molecule has 15 heteroatoms. The fourth-order valence-corrected chi connectivity index (χ4v) is 1.34. The van der Waals surface area contributed by atoms with Crippen LogP contribution >= 0.6 is 0 Å². The van der Waals surface area contributed by atoms with Crippen molar-refractivity contribution in [2.24, 2.45) is 0 Å². The predicted octanol–water partition coefficient (Wildman–Crippen LogP) is -6.99. The monoisotopic (exact) mass is 455 g/mol. The van der Waals surface area contributed by atoms with Gasteiger partial charge in [0.2, 0.25) is 0 Å². The van der Waals surface area contributed by atoms with E-state index in [1.165, 1.54) is 0 Å². The number of carboxylic acids is 2. The molecule has 0 bridgehead atoms. The summed E-state index contributed by atoms with van der Waals surface area (Å²) in [7, 11) is 0. The predicted molar refractivity (Wildman–Crippen MR) is 77.5 cm³/mol. The van der Waals surface area contributed by atoms with E-state index in [4.69, 9.17) is 61.3 Å². The number of aliphatic hydroxyl groups is 10. The van der Waals surface area contributed by atoms with Crippen molar-refractivity contribution in [1.82, 2.24) is 0 Å². The maximum absolute atomic E-state index is 10.1. The average molecular weight is 456 g/mol. The third-order valence-corrected chi connectivity index (χ3v) is 3.02. The van der Waals surface area contributed by atoms with Crippen LogP contribution in [0.1, 0.15) is 0 Å². The van der Waals surface area contributed by atoms with Crippen molar-refractivity contribution >= 4 is 11.9 Å². The van der Waals surface area contributed by atoms with Gasteiger partial charge in [0, 0.05) is 17.1 Å². The number of hydrogen-bond acceptors (Lipinski definition) is 12. The van der Waals surface area contributed by atoms with Gasteiger partial charge in [-0.2, -0.15) is 0 Å². The Balaban J connectivity index is -0.000000411. The fourth-order valence-electron chi connectivity index (χ4n) is 1.34. The molecule has 27 heavy (non-hydrogen) atoms. The molecule has 0 heterocycles. The first-order chi connectivity index (χ1) is 11.8. The molecule has 167 valence electrons. The second kappa shape index (κ2) is 15.0. The van der Waals surface area contributed by atoms with E-state index in [9.17, 15) is 9.59 Å². The van der Waals surface area contributed by atoms with Crippen LogP contribution in [0.4, 0.5) is 0 Å². The minimum absolute atomic E-state index is 0. The molecule has 0 saturated heterocycles. The summed E-state index contributed by atoms with van der Waals surface area (Å²) >= 11 is 0. The van der Waals surface area contributed by atoms with Gasteiger partial charge in [0.05, 0.1) is 13.2 Å². The number of rotatable bonds is 10. The van der Waals surface area contributed by atoms with Crippen molar-refractivity contribution in [3.05, 3.63) is 0 Å². The number of hydrogen-bond donors (Lipinski definition) is 12. The Morgan fingerprint density at radius 2 is 0.778 bits per heavy atom. The maximum atomic E-state index is 10.1. The van der Waals surface area contributed by atoms with Gasteiger partial charge in [0.15, 0.2) is 12.2 Å². The number of carbonyl (C=O) groups is 2. The molecule has 8 atom stereocenters. The van der Waals surface area contributed by atoms with E-state index in [1.807, 2.05) is 0 Å². The van der Waals surface area contributed by atoms with Gasteiger partial charge >= 0.3 is 11.9 Å². The van der Waals surface area contributed by atoms with E-state index in [0.29, 0.717) is 0 Å². The molecule has 0 aliphatic carbocycles. The summed E-state index contributed by atoms with van der Waals surface area (Å²) in [4.78, 5) is 20.2. The summed E-state index contributed by atoms with van der Waals surface area (Å²) in [6, 6.07) is 0. The zero-order valence-corrected chi connectivity index (χ0v) is 14.5. The normalized spacial score (nSPS) is 19.6. The molecular weight excluding hydrogens is 432 g/mol. The van der Waals surface area contributed by atoms with E-state index >= 15 is 0 Å². The quantitative estimate of drug-likeness (QED) is 0.136. The first kappa shape index (κ1) is 30.8. The standard InChI is InChI=1S/2C6H12O7.Cu/c2*7-1-2(8)3(9)4(10)5(11)6(12)13;/h2*2-5,7-11H,1H2,(H,12,13);/t2-,3+,4-,5-;2-,3-,4-,5-;/m10./s1. The van der Waals surface area contributed by atoms with Crippen LogP contribution in [0.3, 0.4) is 0 Å². The van der Waals surface area contributed by atoms with Crippen molar-refractivity contribution in [2.75, 3.05) is 13.2 Å². The fraction of sp³-hybridized carbons (Fsp3) is 0.833. The summed E-state index contributed by atoms with van der Waals surface area (Å²) in [5, 5.41) is 104. The molecule has 1 radical (unpaired) electrons. The van der Waals surface area contributed by atoms with Crippen LogP contribution in [-0.4, -0.2) is 135 Å². The zero-order chi connectivity index (χ0) is 21.2. The van der Waals surface area contributed by atoms with Crippen molar-refractivity contribution in [3.8, 4) is 0 Å². The van der Waals surface area contributed by atoms with E-state index in [-0.39, 0.29) is 17.1 Å². The number of aliphatic hydroxyl groups excluding tert-OH is 10. The minimum Gasteiger partial charge on any atom is -0.479 e. The molecule has 0 rings (SSSR count). The Morgan fingerprint density at radius 3 is 0.926 bits per heavy atom. The molecule has 12 N–H and O–H groups in total. The van der Waals surface area contributed by atoms with Crippen LogP contribution < -0.4 is 0 Å². The Labute approximate surface area is 162 Å². The summed E-state index contributed by atoms with van der Waals surface area (Å²) < 4.78 is 0. The third-order valence-electron chi connectivity index (χ3n) is 3.02. The Morgan fingerprint density at radius 1 is 0.556 bits per heavy atom. The van der Waals surface area contributed by atoms with Crippen molar-refractivity contribution in [2.45, 2.75) is 48.8 Å². The van der Waals surface area contributed by atoms with Gasteiger partial charge < -0.3 is 61.3 Å². The van der Waals surface area contributed by atoms with Gasteiger partial charge in [-0.1, -0.05) is 0 Å². The van der Waals surface area contributed by atoms with Crippen LogP contribution in [0.5, 0.6) is 0 Å². The van der Waals surface area contributed by atoms with Crippen LogP contribution in [-0.2, 0) is 26.7 Å². The molecule has 14 nitrogen and oxygen atoms in total. The molecule has 0 aromatic carbocycles. The molecule has 0 aliphatic rings. The summed E-state index contributed by atoms with van der Waals surface area (Å²) in [6.45, 7) is -1.69. The Bertz CT molecular complexity index is 385. The van der Waals surface area contributed by atoms with Crippen LogP contribution in [0.15, 0.2) is 0 Å². The molecule has 0 saturated carbocycles. The van der Waals surface area contributed by atoms with Gasteiger partial charge in [-0.15, -0.1) is 0 Å². The van der Waals surface area contributed by atoms with Crippen molar-refractivity contribution < 1.29 is 87.9 Å². The summed E-state index contributed by atoms with van der Waals surface area (Å²) in [6.07, 6.45) is -15.7. The molecule has 0 fully saturated rings. The van der Waals surface area contributed by atoms with Gasteiger partial charge in [0.1, 0.15) is 36.6 Å². The van der Waals surface area contributed by atoms with Crippen LogP contribution in [0, 0.1) is 0 Å². The average Bonchev–Trinajstić information content (AvgIpc) is 2.62. The van der Waals surface area contributed by atoms with Crippen LogP contribution in [0.25, 0.3) is 0 Å². The summed E-state index contributed by atoms with van der Waals surface area (Å²) in [5.74, 6) is -3.45. The SMILES string of the molecule is O=C(O)[C@@H](O)[C@@H](O)[C@@H](O)[C@@H](O)CO.O=C(O)[C@H](O)[C@H](O)[C@@H](O)[C@H](O)CO.[Cu]. The Kier molecular flexibility index (Phi) is 17.1. The molecule has 0 unspecified atom stereocenters. The van der Waals surface area contributed by atoms with Gasteiger partial charge in [0.25, 0.3) is 0 Å². The van der Waals surface area contributed by atoms with Crippen molar-refractivity contribution in [1.29, 1.82) is 0 Å². The first-order valence-corrected chi connectivity index (χ1v) is 6.95. The molecule has 0 aromatic rings. The molecule has 0 aromatic heterocycles. The zero-order valence-electron chi connectivity index (χ0n) is 13.5. The van der Waals surface area contributed by atoms with E-state index in [1.54, 1.807) is 0 Å². The Hall–Kier alpha value is -0.941. The molecule has 0 aliphatic heterocycles. The number of aliphatic carboxylic acids is 2. The van der Waals surface area contributed by atoms with Gasteiger partial charge in [-0.3, -0.25) is 0 Å². The number of carboxylic acid groups (broad SMARTS) is 2. The smallest absolute Gasteiger partial charge is 0.335 e. The minimum atomic E-state index is -2.20. The van der Waals surface area contributed by atoms with Gasteiger partial charge in [-0.25, -0.2) is 9.59 Å². The third kappa shape index (κ3) is 10.8. The van der Waals surface area contributed by atoms with E-state index in [0.717, 1.165) is 0 Å².